The fraction of sp³-hybridized carbons (Fsp3) is 0.389. The summed E-state index contributed by atoms with van der Waals surface area (Å²) >= 11 is 0. The highest BCUT2D eigenvalue weighted by atomic mass is 16.9. The van der Waals surface area contributed by atoms with Crippen LogP contribution < -0.4 is 4.74 Å². The molecule has 2 aromatic carbocycles. The minimum Gasteiger partial charge on any atom is -0.497 e. The van der Waals surface area contributed by atoms with Crippen LogP contribution in [-0.4, -0.2) is 31.2 Å². The maximum Gasteiger partial charge on any atom is 0.313 e. The van der Waals surface area contributed by atoms with Crippen molar-refractivity contribution in [3.63, 3.8) is 0 Å². The van der Waals surface area contributed by atoms with Crippen LogP contribution in [0.2, 0.25) is 0 Å². The van der Waals surface area contributed by atoms with E-state index in [1.54, 1.807) is 0 Å². The summed E-state index contributed by atoms with van der Waals surface area (Å²) in [6, 6.07) is -6.36. The van der Waals surface area contributed by atoms with Crippen LogP contribution in [0.3, 0.4) is 0 Å². The van der Waals surface area contributed by atoms with Crippen molar-refractivity contribution in [3.05, 3.63) is 51.9 Å². The zero-order valence-corrected chi connectivity index (χ0v) is 12.4. The van der Waals surface area contributed by atoms with Gasteiger partial charge >= 0.3 is 5.97 Å². The highest BCUT2D eigenvalue weighted by molar-refractivity contribution is 5.86. The Bertz CT molecular complexity index is 1490. The van der Waals surface area contributed by atoms with Gasteiger partial charge in [0.1, 0.15) is 5.75 Å². The molecule has 0 aliphatic carbocycles. The largest absolute Gasteiger partial charge is 0.497 e. The minimum atomic E-state index is -4.28. The summed E-state index contributed by atoms with van der Waals surface area (Å²) < 4.78 is 150. The van der Waals surface area contributed by atoms with Gasteiger partial charge in [-0.05, 0) is 48.1 Å². The van der Waals surface area contributed by atoms with Crippen LogP contribution >= 0.6 is 0 Å². The topological polar surface area (TPSA) is 87.9 Å². The molecule has 134 valence electrons. The monoisotopic (exact) mass is 365 g/mol. The first-order valence-electron chi connectivity index (χ1n) is 15.3. The highest BCUT2D eigenvalue weighted by Gasteiger charge is 2.17. The van der Waals surface area contributed by atoms with E-state index in [4.69, 9.17) is 24.7 Å². The van der Waals surface area contributed by atoms with Crippen molar-refractivity contribution in [1.29, 1.82) is 0 Å². The van der Waals surface area contributed by atoms with Gasteiger partial charge in [-0.1, -0.05) is 24.2 Å². The maximum atomic E-state index is 13.1. The van der Waals surface area contributed by atoms with E-state index in [9.17, 15) is 14.9 Å². The molecule has 0 unspecified atom stereocenters. The molecule has 2 aromatic rings. The Hall–Kier alpha value is -2.83. The number of benzene rings is 2. The number of ether oxygens (including phenoxy) is 2. The molecule has 0 aliphatic rings. The van der Waals surface area contributed by atoms with E-state index in [-0.39, 0.29) is 0 Å². The average molecular weight is 365 g/mol. The molecule has 0 bridgehead atoms. The number of rotatable bonds is 9. The summed E-state index contributed by atoms with van der Waals surface area (Å²) in [7, 11) is -3.21. The first-order valence-corrected chi connectivity index (χ1v) is 6.27. The van der Waals surface area contributed by atoms with Gasteiger partial charge in [0.25, 0.3) is 5.09 Å². The van der Waals surface area contributed by atoms with Crippen LogP contribution in [0.4, 0.5) is 0 Å². The third kappa shape index (κ3) is 5.34. The Morgan fingerprint density at radius 3 is 2.80 bits per heavy atom. The number of carbonyl (C=O) groups excluding carboxylic acids is 1. The molecular formula is C18H21NO6. The Labute approximate surface area is 170 Å². The van der Waals surface area contributed by atoms with Crippen molar-refractivity contribution < 1.29 is 48.9 Å². The Morgan fingerprint density at radius 1 is 1.32 bits per heavy atom. The second-order valence-electron chi connectivity index (χ2n) is 4.09. The summed E-state index contributed by atoms with van der Waals surface area (Å²) in [5.41, 5.74) is -1.09. The molecule has 1 atom stereocenters. The molecule has 0 radical (unpaired) electrons. The van der Waals surface area contributed by atoms with E-state index >= 15 is 0 Å². The molecule has 0 spiro atoms. The molecule has 0 aromatic heterocycles. The van der Waals surface area contributed by atoms with Crippen LogP contribution in [0, 0.1) is 10.1 Å². The van der Waals surface area contributed by atoms with Crippen LogP contribution in [0.5, 0.6) is 5.75 Å². The van der Waals surface area contributed by atoms with E-state index in [2.05, 4.69) is 14.3 Å². The predicted molar refractivity (Wildman–Crippen MR) is 92.1 cm³/mol. The molecule has 0 saturated heterocycles. The van der Waals surface area contributed by atoms with Crippen molar-refractivity contribution in [2.24, 2.45) is 0 Å². The van der Waals surface area contributed by atoms with Gasteiger partial charge in [-0.15, -0.1) is 10.1 Å². The number of fused-ring (bicyclic) bond motifs is 1. The molecule has 2 rings (SSSR count). The first kappa shape index (κ1) is 5.86. The minimum absolute atomic E-state index is 0.584. The molecule has 0 fully saturated rings. The fourth-order valence-corrected chi connectivity index (χ4v) is 1.46. The fourth-order valence-electron chi connectivity index (χ4n) is 1.46. The molecule has 7 nitrogen and oxygen atoms in total. The van der Waals surface area contributed by atoms with Gasteiger partial charge in [0, 0.05) is 6.85 Å². The normalized spacial score (nSPS) is 26.3. The number of nitrogens with zero attached hydrogens (tertiary/aromatic N) is 1. The number of esters is 1. The summed E-state index contributed by atoms with van der Waals surface area (Å²) in [6.07, 6.45) is -8.53. The Balaban J connectivity index is 2.75. The van der Waals surface area contributed by atoms with Gasteiger partial charge < -0.3 is 14.3 Å². The standard InChI is InChI=1S/C18H21NO6/c1-13(18(20)24-9-3-4-10-25-19(21)22)14-5-6-16-12-17(23-2)8-7-15(16)11-14/h5-8,11-13H,3-4,9-10H2,1-2H3/t13-/m1/s1/i2D3,3D2,4D2,5D,6D,7D,8D,9D2,10D2,11D,12D,13D. The van der Waals surface area contributed by atoms with Crippen molar-refractivity contribution in [2.45, 2.75) is 25.6 Å². The van der Waals surface area contributed by atoms with E-state index in [0.717, 1.165) is 0 Å². The van der Waals surface area contributed by atoms with Crippen molar-refractivity contribution in [3.8, 4) is 5.75 Å². The summed E-state index contributed by atoms with van der Waals surface area (Å²) in [6.45, 7) is -7.79. The number of methoxy groups -OCH3 is 1. The van der Waals surface area contributed by atoms with Crippen molar-refractivity contribution >= 4 is 16.7 Å². The van der Waals surface area contributed by atoms with Gasteiger partial charge in [-0.2, -0.15) is 0 Å². The zero-order valence-electron chi connectivity index (χ0n) is 30.4. The van der Waals surface area contributed by atoms with E-state index in [1.807, 2.05) is 0 Å². The van der Waals surface area contributed by atoms with E-state index in [0.29, 0.717) is 6.92 Å². The highest BCUT2D eigenvalue weighted by Crippen LogP contribution is 2.25. The van der Waals surface area contributed by atoms with Crippen molar-refractivity contribution in [1.82, 2.24) is 0 Å². The maximum absolute atomic E-state index is 13.1. The molecule has 0 N–H and O–H groups in total. The van der Waals surface area contributed by atoms with Crippen LogP contribution in [0.25, 0.3) is 10.8 Å². The van der Waals surface area contributed by atoms with Crippen LogP contribution in [0.15, 0.2) is 36.3 Å². The Morgan fingerprint density at radius 2 is 2.04 bits per heavy atom. The Kier molecular flexibility index (Phi) is 2.08. The predicted octanol–water partition coefficient (Wildman–Crippen LogP) is 3.48. The average Bonchev–Trinajstić information content (AvgIpc) is 2.80. The SMILES string of the molecule is [2H]c1c([C@@]([2H])(C)C(=O)OC([2H])([2H])C([2H])([2H])C([2H])([2H])C([2H])([2H])O[N+](=O)[O-])c([2H])c2c([2H])c([2H])c(OC([2H])([2H])[2H])c([2H])c2c1[2H]. The second kappa shape index (κ2) is 8.86. The van der Waals surface area contributed by atoms with Gasteiger partial charge in [0.15, 0.2) is 0 Å². The van der Waals surface area contributed by atoms with E-state index in [1.165, 1.54) is 0 Å². The third-order valence-corrected chi connectivity index (χ3v) is 2.56. The second-order valence-corrected chi connectivity index (χ2v) is 4.09. The van der Waals surface area contributed by atoms with Crippen LogP contribution in [-0.2, 0) is 14.4 Å². The lowest BCUT2D eigenvalue weighted by molar-refractivity contribution is -0.757. The molecule has 0 amide bonds. The quantitative estimate of drug-likeness (QED) is 0.384. The lowest BCUT2D eigenvalue weighted by Crippen LogP contribution is -2.14. The first-order chi connectivity index (χ1) is 19.0. The lowest BCUT2D eigenvalue weighted by Gasteiger charge is -2.13. The third-order valence-electron chi connectivity index (χ3n) is 2.56. The number of carbonyl (C=O) groups is 1. The van der Waals surface area contributed by atoms with Gasteiger partial charge in [0.05, 0.1) is 43.9 Å². The summed E-state index contributed by atoms with van der Waals surface area (Å²) in [5.74, 6) is -6.27. The molecule has 0 aliphatic heterocycles. The molecule has 0 saturated carbocycles. The van der Waals surface area contributed by atoms with Crippen molar-refractivity contribution in [2.75, 3.05) is 20.2 Å². The van der Waals surface area contributed by atoms with Crippen LogP contribution in [0.1, 0.15) is 55.8 Å². The number of hydrogen-bond donors (Lipinski definition) is 0. The van der Waals surface area contributed by atoms with E-state index < -0.39 is 108 Å². The molecule has 25 heavy (non-hydrogen) atoms. The van der Waals surface area contributed by atoms with Gasteiger partial charge in [-0.25, -0.2) is 0 Å². The number of hydrogen-bond acceptors (Lipinski definition) is 6. The molecule has 7 heteroatoms. The molecular weight excluding hydrogens is 326 g/mol. The summed E-state index contributed by atoms with van der Waals surface area (Å²) in [4.78, 5) is 27.1. The summed E-state index contributed by atoms with van der Waals surface area (Å²) in [5, 5.41) is 7.23. The lowest BCUT2D eigenvalue weighted by atomic mass is 9.98. The smallest absolute Gasteiger partial charge is 0.313 e. The zero-order chi connectivity index (χ0) is 34.0. The van der Waals surface area contributed by atoms with Gasteiger partial charge in [-0.3, -0.25) is 4.79 Å². The molecule has 0 heterocycles. The van der Waals surface area contributed by atoms with Gasteiger partial charge in [0.2, 0.25) is 0 Å².